The molecular formula is C30H26Cl2N2O7S2. The van der Waals surface area contributed by atoms with Crippen LogP contribution < -0.4 is 15.4 Å². The quantitative estimate of drug-likeness (QED) is 0.185. The first-order chi connectivity index (χ1) is 20.8. The van der Waals surface area contributed by atoms with Crippen molar-refractivity contribution in [3.63, 3.8) is 0 Å². The smallest absolute Gasteiger partial charge is 0.326 e. The van der Waals surface area contributed by atoms with Crippen LogP contribution in [0, 0.1) is 0 Å². The molecule has 0 bridgehead atoms. The number of carbonyl (C=O) groups excluding carboxylic acids is 2. The fourth-order valence-corrected chi connectivity index (χ4v) is 6.61. The monoisotopic (exact) mass is 660 g/mol. The lowest BCUT2D eigenvalue weighted by Crippen LogP contribution is -2.52. The van der Waals surface area contributed by atoms with Gasteiger partial charge in [-0.05, 0) is 52.7 Å². The Morgan fingerprint density at radius 2 is 1.44 bits per heavy atom. The van der Waals surface area contributed by atoms with Crippen molar-refractivity contribution in [3.8, 4) is 5.75 Å². The Morgan fingerprint density at radius 3 is 1.98 bits per heavy atom. The SMILES string of the molecule is O=C(O)[C@H](Cc1ccc(OCc2c(Cl)cccc2Cl)cc1)NC(=O)[C@@H]1OCO[C@H]1C(=O)NC(c1cccs1)c1cccs1. The molecular weight excluding hydrogens is 635 g/mol. The van der Waals surface area contributed by atoms with Crippen LogP contribution in [0.4, 0.5) is 0 Å². The number of ether oxygens (including phenoxy) is 3. The first kappa shape index (κ1) is 31.0. The van der Waals surface area contributed by atoms with Gasteiger partial charge >= 0.3 is 5.97 Å². The highest BCUT2D eigenvalue weighted by molar-refractivity contribution is 7.11. The van der Waals surface area contributed by atoms with Gasteiger partial charge in [-0.25, -0.2) is 4.79 Å². The largest absolute Gasteiger partial charge is 0.489 e. The number of carboxylic acids is 1. The Balaban J connectivity index is 1.19. The molecule has 1 fully saturated rings. The summed E-state index contributed by atoms with van der Waals surface area (Å²) in [6.45, 7) is -0.122. The number of nitrogens with one attached hydrogen (secondary N) is 2. The van der Waals surface area contributed by atoms with Gasteiger partial charge in [0.05, 0.1) is 6.04 Å². The molecule has 224 valence electrons. The van der Waals surface area contributed by atoms with Crippen molar-refractivity contribution in [2.75, 3.05) is 6.79 Å². The molecule has 2 amide bonds. The molecule has 2 aromatic heterocycles. The number of hydrogen-bond acceptors (Lipinski definition) is 8. The summed E-state index contributed by atoms with van der Waals surface area (Å²) >= 11 is 15.4. The molecule has 1 aliphatic rings. The standard InChI is InChI=1S/C30H26Cl2N2O7S2/c31-20-4-1-5-21(32)19(20)15-39-18-10-8-17(9-11-18)14-22(30(37)38)33-28(35)26-27(41-16-40-26)29(36)34-25(23-6-2-12-42-23)24-7-3-13-43-24/h1-13,22,25-27H,14-16H2,(H,33,35)(H,34,36)(H,37,38)/t22-,26+,27+/m0/s1. The van der Waals surface area contributed by atoms with E-state index in [1.807, 2.05) is 35.0 Å². The van der Waals surface area contributed by atoms with Crippen LogP contribution in [0.5, 0.6) is 5.75 Å². The second kappa shape index (κ2) is 14.3. The molecule has 3 N–H and O–H groups in total. The van der Waals surface area contributed by atoms with E-state index in [9.17, 15) is 19.5 Å². The van der Waals surface area contributed by atoms with E-state index in [1.54, 1.807) is 42.5 Å². The Bertz CT molecular complexity index is 1490. The molecule has 0 radical (unpaired) electrons. The molecule has 0 saturated carbocycles. The lowest BCUT2D eigenvalue weighted by molar-refractivity contribution is -0.144. The molecule has 13 heteroatoms. The molecule has 5 rings (SSSR count). The fourth-order valence-electron chi connectivity index (χ4n) is 4.44. The number of amides is 2. The number of rotatable bonds is 12. The van der Waals surface area contributed by atoms with Gasteiger partial charge in [0.25, 0.3) is 11.8 Å². The van der Waals surface area contributed by atoms with Crippen molar-refractivity contribution in [2.24, 2.45) is 0 Å². The Labute approximate surface area is 265 Å². The molecule has 0 spiro atoms. The molecule has 1 saturated heterocycles. The molecule has 0 unspecified atom stereocenters. The molecule has 4 aromatic rings. The number of thiophene rings is 2. The van der Waals surface area contributed by atoms with Crippen molar-refractivity contribution < 1.29 is 33.7 Å². The first-order valence-corrected chi connectivity index (χ1v) is 15.6. The summed E-state index contributed by atoms with van der Waals surface area (Å²) in [7, 11) is 0. The zero-order valence-electron chi connectivity index (χ0n) is 22.4. The van der Waals surface area contributed by atoms with Crippen molar-refractivity contribution in [1.29, 1.82) is 0 Å². The van der Waals surface area contributed by atoms with Gasteiger partial charge in [-0.3, -0.25) is 9.59 Å². The molecule has 1 aliphatic heterocycles. The molecule has 3 atom stereocenters. The Hall–Kier alpha value is -3.45. The minimum Gasteiger partial charge on any atom is -0.489 e. The summed E-state index contributed by atoms with van der Waals surface area (Å²) < 4.78 is 16.7. The highest BCUT2D eigenvalue weighted by Gasteiger charge is 2.42. The van der Waals surface area contributed by atoms with E-state index in [0.717, 1.165) is 9.75 Å². The fraction of sp³-hybridized carbons (Fsp3) is 0.233. The lowest BCUT2D eigenvalue weighted by atomic mass is 10.0. The van der Waals surface area contributed by atoms with Crippen molar-refractivity contribution in [1.82, 2.24) is 10.6 Å². The van der Waals surface area contributed by atoms with E-state index in [-0.39, 0.29) is 19.8 Å². The summed E-state index contributed by atoms with van der Waals surface area (Å²) in [5.74, 6) is -2.00. The number of halogens is 2. The molecule has 3 heterocycles. The second-order valence-electron chi connectivity index (χ2n) is 9.50. The van der Waals surface area contributed by atoms with Gasteiger partial charge in [0.1, 0.15) is 25.2 Å². The number of hydrogen-bond donors (Lipinski definition) is 3. The van der Waals surface area contributed by atoms with E-state index in [4.69, 9.17) is 37.4 Å². The molecule has 0 aliphatic carbocycles. The third-order valence-electron chi connectivity index (χ3n) is 6.65. The average Bonchev–Trinajstić information content (AvgIpc) is 3.79. The zero-order chi connectivity index (χ0) is 30.3. The van der Waals surface area contributed by atoms with Gasteiger partial charge in [-0.15, -0.1) is 22.7 Å². The van der Waals surface area contributed by atoms with E-state index in [0.29, 0.717) is 26.9 Å². The van der Waals surface area contributed by atoms with Crippen LogP contribution in [-0.4, -0.2) is 47.9 Å². The number of aliphatic carboxylic acids is 1. The molecule has 43 heavy (non-hydrogen) atoms. The highest BCUT2D eigenvalue weighted by atomic mass is 35.5. The van der Waals surface area contributed by atoms with Crippen LogP contribution in [0.2, 0.25) is 10.0 Å². The molecule has 2 aromatic carbocycles. The minimum atomic E-state index is -1.32. The zero-order valence-corrected chi connectivity index (χ0v) is 25.6. The minimum absolute atomic E-state index is 0.0129. The maximum atomic E-state index is 13.3. The summed E-state index contributed by atoms with van der Waals surface area (Å²) in [6.07, 6.45) is -2.58. The van der Waals surface area contributed by atoms with E-state index < -0.39 is 42.1 Å². The summed E-state index contributed by atoms with van der Waals surface area (Å²) in [6, 6.07) is 17.9. The lowest BCUT2D eigenvalue weighted by Gasteiger charge is -2.22. The van der Waals surface area contributed by atoms with Crippen molar-refractivity contribution >= 4 is 63.7 Å². The van der Waals surface area contributed by atoms with E-state index >= 15 is 0 Å². The van der Waals surface area contributed by atoms with Gasteiger partial charge < -0.3 is 30.0 Å². The maximum Gasteiger partial charge on any atom is 0.326 e. The van der Waals surface area contributed by atoms with Gasteiger partial charge in [0.15, 0.2) is 12.2 Å². The number of carbonyl (C=O) groups is 3. The number of benzene rings is 2. The average molecular weight is 662 g/mol. The van der Waals surface area contributed by atoms with Gasteiger partial charge in [-0.2, -0.15) is 0 Å². The normalized spacial score (nSPS) is 17.0. The number of carboxylic acid groups (broad SMARTS) is 1. The van der Waals surface area contributed by atoms with Crippen molar-refractivity contribution in [3.05, 3.63) is 108 Å². The van der Waals surface area contributed by atoms with Crippen LogP contribution >= 0.6 is 45.9 Å². The van der Waals surface area contributed by atoms with Crippen molar-refractivity contribution in [2.45, 2.75) is 37.3 Å². The topological polar surface area (TPSA) is 123 Å². The summed E-state index contributed by atoms with van der Waals surface area (Å²) in [4.78, 5) is 40.3. The highest BCUT2D eigenvalue weighted by Crippen LogP contribution is 2.30. The van der Waals surface area contributed by atoms with Gasteiger partial charge in [-0.1, -0.05) is 53.5 Å². The third kappa shape index (κ3) is 7.74. The third-order valence-corrected chi connectivity index (χ3v) is 9.23. The van der Waals surface area contributed by atoms with E-state index in [2.05, 4.69) is 10.6 Å². The predicted molar refractivity (Wildman–Crippen MR) is 164 cm³/mol. The second-order valence-corrected chi connectivity index (χ2v) is 12.3. The van der Waals surface area contributed by atoms with Crippen LogP contribution in [-0.2, 0) is 36.9 Å². The van der Waals surface area contributed by atoms with Crippen LogP contribution in [0.15, 0.2) is 77.5 Å². The maximum absolute atomic E-state index is 13.3. The Morgan fingerprint density at radius 1 is 0.860 bits per heavy atom. The van der Waals surface area contributed by atoms with Crippen LogP contribution in [0.1, 0.15) is 26.9 Å². The first-order valence-electron chi connectivity index (χ1n) is 13.1. The van der Waals surface area contributed by atoms with Crippen LogP contribution in [0.25, 0.3) is 0 Å². The molecule has 9 nitrogen and oxygen atoms in total. The summed E-state index contributed by atoms with van der Waals surface area (Å²) in [5.41, 5.74) is 1.30. The Kier molecular flexibility index (Phi) is 10.3. The van der Waals surface area contributed by atoms with Crippen LogP contribution in [0.3, 0.4) is 0 Å². The predicted octanol–water partition coefficient (Wildman–Crippen LogP) is 5.45. The van der Waals surface area contributed by atoms with Gasteiger partial charge in [0.2, 0.25) is 0 Å². The van der Waals surface area contributed by atoms with Gasteiger partial charge in [0, 0.05) is 31.8 Å². The summed E-state index contributed by atoms with van der Waals surface area (Å²) in [5, 5.41) is 20.1. The van der Waals surface area contributed by atoms with E-state index in [1.165, 1.54) is 22.7 Å².